The van der Waals surface area contributed by atoms with Crippen molar-refractivity contribution in [2.45, 2.75) is 0 Å². The third-order valence-electron chi connectivity index (χ3n) is 10.9. The first-order valence-corrected chi connectivity index (χ1v) is 19.5. The van der Waals surface area contributed by atoms with Crippen molar-refractivity contribution in [2.24, 2.45) is 0 Å². The normalized spacial score (nSPS) is 11.6. The molecule has 55 heavy (non-hydrogen) atoms. The Hall–Kier alpha value is -6.94. The lowest BCUT2D eigenvalue weighted by Gasteiger charge is -2.17. The van der Waals surface area contributed by atoms with Crippen molar-refractivity contribution in [3.05, 3.63) is 194 Å². The first-order chi connectivity index (χ1) is 27.2. The highest BCUT2D eigenvalue weighted by atomic mass is 32.1. The fourth-order valence-corrected chi connectivity index (χ4v) is 9.37. The largest absolute Gasteiger partial charge is 0.228 e. The van der Waals surface area contributed by atoms with Gasteiger partial charge in [-0.2, -0.15) is 0 Å². The SMILES string of the molecule is c1ccc(-c2nc(-c3ccc(-c4ccc5c(c4)sc4ccccc45)cc3)cc(-c3ccccc3-c3c4ccccc4cc4c3ccc3ccccc34)n2)cc1. The van der Waals surface area contributed by atoms with Gasteiger partial charge in [-0.25, -0.2) is 9.97 Å². The molecular formula is C52H32N2S. The lowest BCUT2D eigenvalue weighted by molar-refractivity contribution is 1.18. The molecule has 0 amide bonds. The van der Waals surface area contributed by atoms with Gasteiger partial charge in [-0.05, 0) is 78.8 Å². The molecule has 0 saturated carbocycles. The number of rotatable bonds is 5. The van der Waals surface area contributed by atoms with Crippen molar-refractivity contribution in [3.8, 4) is 56.2 Å². The van der Waals surface area contributed by atoms with E-state index in [2.05, 4.69) is 176 Å². The van der Waals surface area contributed by atoms with Gasteiger partial charge in [0.1, 0.15) is 0 Å². The van der Waals surface area contributed by atoms with Crippen LogP contribution in [-0.4, -0.2) is 9.97 Å². The summed E-state index contributed by atoms with van der Waals surface area (Å²) in [6.07, 6.45) is 0. The first-order valence-electron chi connectivity index (χ1n) is 18.6. The summed E-state index contributed by atoms with van der Waals surface area (Å²) in [6.45, 7) is 0. The van der Waals surface area contributed by atoms with Gasteiger partial charge in [0, 0.05) is 36.9 Å². The van der Waals surface area contributed by atoms with Crippen molar-refractivity contribution < 1.29 is 0 Å². The first kappa shape index (κ1) is 31.6. The standard InChI is InChI=1S/C52H32N2S/c1-2-13-36(14-3-1)52-53-47(35-24-22-33(23-25-35)37-27-28-43-42-19-10-11-21-49(42)55-50(43)31-37)32-48(54-52)41-18-8-9-20-44(41)51-40-17-7-5-15-38(40)30-46-39-16-6-4-12-34(39)26-29-45(46)51/h1-32H. The van der Waals surface area contributed by atoms with E-state index in [9.17, 15) is 0 Å². The topological polar surface area (TPSA) is 25.8 Å². The second kappa shape index (κ2) is 12.9. The van der Waals surface area contributed by atoms with Crippen LogP contribution in [0.2, 0.25) is 0 Å². The second-order valence-electron chi connectivity index (χ2n) is 14.1. The van der Waals surface area contributed by atoms with Crippen LogP contribution in [-0.2, 0) is 0 Å². The molecule has 0 fully saturated rings. The molecule has 2 aromatic heterocycles. The molecule has 0 saturated heterocycles. The van der Waals surface area contributed by atoms with Gasteiger partial charge in [0.15, 0.2) is 5.82 Å². The number of thiophene rings is 1. The predicted molar refractivity (Wildman–Crippen MR) is 235 cm³/mol. The van der Waals surface area contributed by atoms with Gasteiger partial charge in [-0.3, -0.25) is 0 Å². The van der Waals surface area contributed by atoms with Gasteiger partial charge in [0.2, 0.25) is 0 Å². The molecular weight excluding hydrogens is 685 g/mol. The van der Waals surface area contributed by atoms with Crippen molar-refractivity contribution in [1.82, 2.24) is 9.97 Å². The van der Waals surface area contributed by atoms with Crippen LogP contribution >= 0.6 is 11.3 Å². The Morgan fingerprint density at radius 2 is 0.927 bits per heavy atom. The lowest BCUT2D eigenvalue weighted by Crippen LogP contribution is -1.97. The maximum Gasteiger partial charge on any atom is 0.160 e. The zero-order valence-electron chi connectivity index (χ0n) is 29.8. The minimum Gasteiger partial charge on any atom is -0.228 e. The highest BCUT2D eigenvalue weighted by molar-refractivity contribution is 7.25. The number of aromatic nitrogens is 2. The van der Waals surface area contributed by atoms with Gasteiger partial charge in [-0.1, -0.05) is 170 Å². The van der Waals surface area contributed by atoms with Crippen LogP contribution in [0.3, 0.4) is 0 Å². The molecule has 2 nitrogen and oxygen atoms in total. The van der Waals surface area contributed by atoms with Crippen LogP contribution in [0.5, 0.6) is 0 Å². The maximum absolute atomic E-state index is 5.30. The molecule has 0 bridgehead atoms. The van der Waals surface area contributed by atoms with Crippen LogP contribution in [0, 0.1) is 0 Å². The molecule has 0 aliphatic heterocycles. The summed E-state index contributed by atoms with van der Waals surface area (Å²) in [5.41, 5.74) is 9.64. The van der Waals surface area contributed by atoms with Crippen LogP contribution in [0.15, 0.2) is 194 Å². The van der Waals surface area contributed by atoms with E-state index in [0.717, 1.165) is 33.6 Å². The summed E-state index contributed by atoms with van der Waals surface area (Å²) in [7, 11) is 0. The average molecular weight is 717 g/mol. The van der Waals surface area contributed by atoms with E-state index >= 15 is 0 Å². The molecule has 2 heterocycles. The average Bonchev–Trinajstić information content (AvgIpc) is 3.64. The van der Waals surface area contributed by atoms with Gasteiger partial charge < -0.3 is 0 Å². The Kier molecular flexibility index (Phi) is 7.39. The quantitative estimate of drug-likeness (QED) is 0.131. The Morgan fingerprint density at radius 3 is 1.78 bits per heavy atom. The molecule has 0 radical (unpaired) electrons. The number of benzene rings is 9. The Morgan fingerprint density at radius 1 is 0.309 bits per heavy atom. The highest BCUT2D eigenvalue weighted by Gasteiger charge is 2.18. The molecule has 256 valence electrons. The molecule has 0 N–H and O–H groups in total. The number of nitrogens with zero attached hydrogens (tertiary/aromatic N) is 2. The monoisotopic (exact) mass is 716 g/mol. The van der Waals surface area contributed by atoms with Gasteiger partial charge >= 0.3 is 0 Å². The third kappa shape index (κ3) is 5.40. The fourth-order valence-electron chi connectivity index (χ4n) is 8.22. The van der Waals surface area contributed by atoms with Crippen molar-refractivity contribution in [1.29, 1.82) is 0 Å². The summed E-state index contributed by atoms with van der Waals surface area (Å²) in [5, 5.41) is 10.1. The van der Waals surface area contributed by atoms with E-state index in [0.29, 0.717) is 5.82 Å². The van der Waals surface area contributed by atoms with Crippen LogP contribution in [0.4, 0.5) is 0 Å². The summed E-state index contributed by atoms with van der Waals surface area (Å²) in [6, 6.07) is 69.8. The Bertz CT molecular complexity index is 3250. The lowest BCUT2D eigenvalue weighted by atomic mass is 9.87. The number of hydrogen-bond donors (Lipinski definition) is 0. The molecule has 3 heteroatoms. The molecule has 0 aliphatic rings. The van der Waals surface area contributed by atoms with E-state index < -0.39 is 0 Å². The molecule has 0 atom stereocenters. The smallest absolute Gasteiger partial charge is 0.160 e. The summed E-state index contributed by atoms with van der Waals surface area (Å²) in [4.78, 5) is 10.5. The minimum atomic E-state index is 0.705. The van der Waals surface area contributed by atoms with Crippen molar-refractivity contribution >= 4 is 63.8 Å². The van der Waals surface area contributed by atoms with E-state index in [1.54, 1.807) is 0 Å². The van der Waals surface area contributed by atoms with E-state index in [-0.39, 0.29) is 0 Å². The van der Waals surface area contributed by atoms with E-state index in [4.69, 9.17) is 9.97 Å². The van der Waals surface area contributed by atoms with Gasteiger partial charge in [0.25, 0.3) is 0 Å². The maximum atomic E-state index is 5.30. The Balaban J connectivity index is 1.08. The van der Waals surface area contributed by atoms with Crippen LogP contribution in [0.25, 0.3) is 109 Å². The summed E-state index contributed by atoms with van der Waals surface area (Å²) < 4.78 is 2.63. The summed E-state index contributed by atoms with van der Waals surface area (Å²) in [5.74, 6) is 0.705. The van der Waals surface area contributed by atoms with Gasteiger partial charge in [0.05, 0.1) is 11.4 Å². The van der Waals surface area contributed by atoms with Crippen LogP contribution in [0.1, 0.15) is 0 Å². The molecule has 9 aromatic carbocycles. The zero-order chi connectivity index (χ0) is 36.3. The highest BCUT2D eigenvalue weighted by Crippen LogP contribution is 2.43. The minimum absolute atomic E-state index is 0.705. The molecule has 0 aliphatic carbocycles. The van der Waals surface area contributed by atoms with Gasteiger partial charge in [-0.15, -0.1) is 11.3 Å². The van der Waals surface area contributed by atoms with Crippen molar-refractivity contribution in [3.63, 3.8) is 0 Å². The molecule has 11 aromatic rings. The summed E-state index contributed by atoms with van der Waals surface area (Å²) >= 11 is 1.85. The zero-order valence-corrected chi connectivity index (χ0v) is 30.6. The third-order valence-corrected chi connectivity index (χ3v) is 12.0. The second-order valence-corrected chi connectivity index (χ2v) is 15.2. The van der Waals surface area contributed by atoms with E-state index in [1.165, 1.54) is 69.2 Å². The molecule has 0 spiro atoms. The predicted octanol–water partition coefficient (Wildman–Crippen LogP) is 14.6. The molecule has 11 rings (SSSR count). The fraction of sp³-hybridized carbons (Fsp3) is 0. The van der Waals surface area contributed by atoms with Crippen molar-refractivity contribution in [2.75, 3.05) is 0 Å². The van der Waals surface area contributed by atoms with E-state index in [1.807, 2.05) is 29.5 Å². The Labute approximate surface area is 322 Å². The molecule has 0 unspecified atom stereocenters. The van der Waals surface area contributed by atoms with Crippen LogP contribution < -0.4 is 0 Å². The number of hydrogen-bond acceptors (Lipinski definition) is 3. The number of fused-ring (bicyclic) bond motifs is 7.